The molecule has 1 amide bonds. The van der Waals surface area contributed by atoms with E-state index in [0.29, 0.717) is 0 Å². The van der Waals surface area contributed by atoms with Gasteiger partial charge >= 0.3 is 0 Å². The Hall–Kier alpha value is -0.290. The van der Waals surface area contributed by atoms with Crippen molar-refractivity contribution in [1.29, 1.82) is 0 Å². The molecule has 4 nitrogen and oxygen atoms in total. The third kappa shape index (κ3) is 2.35. The first-order valence-corrected chi connectivity index (χ1v) is 5.95. The van der Waals surface area contributed by atoms with Crippen LogP contribution in [0.25, 0.3) is 0 Å². The van der Waals surface area contributed by atoms with Gasteiger partial charge < -0.3 is 4.90 Å². The summed E-state index contributed by atoms with van der Waals surface area (Å²) in [6.45, 7) is 0.571. The predicted molar refractivity (Wildman–Crippen MR) is 46.0 cm³/mol. The maximum Gasteiger partial charge on any atom is 0.237 e. The number of carbonyl (C=O) groups excluding carboxylic acids is 1. The molecule has 0 aromatic heterocycles. The van der Waals surface area contributed by atoms with E-state index in [1.807, 2.05) is 0 Å². The van der Waals surface area contributed by atoms with E-state index in [1.54, 1.807) is 0 Å². The first-order valence-electron chi connectivity index (χ1n) is 3.59. The molecule has 0 radical (unpaired) electrons. The molecule has 0 unspecified atom stereocenters. The molecule has 0 atom stereocenters. The van der Waals surface area contributed by atoms with Crippen molar-refractivity contribution < 1.29 is 13.2 Å². The highest BCUT2D eigenvalue weighted by atomic mass is 35.5. The normalized spacial score (nSPS) is 22.2. The molecule has 0 aromatic carbocycles. The van der Waals surface area contributed by atoms with E-state index in [1.165, 1.54) is 4.90 Å². The monoisotopic (exact) mass is 211 g/mol. The van der Waals surface area contributed by atoms with Crippen molar-refractivity contribution in [3.05, 3.63) is 0 Å². The number of alkyl halides is 1. The average Bonchev–Trinajstić information content (AvgIpc) is 2.03. The summed E-state index contributed by atoms with van der Waals surface area (Å²) in [7, 11) is -2.89. The maximum absolute atomic E-state index is 11.0. The average molecular weight is 212 g/mol. The van der Waals surface area contributed by atoms with E-state index in [4.69, 9.17) is 11.6 Å². The summed E-state index contributed by atoms with van der Waals surface area (Å²) in [6, 6.07) is 0. The molecule has 1 aliphatic heterocycles. The molecule has 1 saturated heterocycles. The molecule has 1 aliphatic rings. The maximum atomic E-state index is 11.0. The van der Waals surface area contributed by atoms with Gasteiger partial charge in [0.25, 0.3) is 0 Å². The molecular formula is C6H10ClNO3S. The van der Waals surface area contributed by atoms with Crippen molar-refractivity contribution in [2.75, 3.05) is 30.5 Å². The zero-order chi connectivity index (χ0) is 9.19. The van der Waals surface area contributed by atoms with Crippen molar-refractivity contribution in [2.24, 2.45) is 0 Å². The SMILES string of the molecule is O=C(CCl)N1CCS(=O)(=O)CC1. The Morgan fingerprint density at radius 2 is 1.83 bits per heavy atom. The Morgan fingerprint density at radius 3 is 2.25 bits per heavy atom. The molecular weight excluding hydrogens is 202 g/mol. The van der Waals surface area contributed by atoms with E-state index in [2.05, 4.69) is 0 Å². The summed E-state index contributed by atoms with van der Waals surface area (Å²) < 4.78 is 21.9. The van der Waals surface area contributed by atoms with Crippen LogP contribution in [0.1, 0.15) is 0 Å². The Balaban J connectivity index is 2.52. The van der Waals surface area contributed by atoms with Crippen molar-refractivity contribution in [3.63, 3.8) is 0 Å². The second kappa shape index (κ2) is 3.62. The minimum atomic E-state index is -2.89. The second-order valence-electron chi connectivity index (χ2n) is 2.67. The number of carbonyl (C=O) groups is 1. The lowest BCUT2D eigenvalue weighted by molar-refractivity contribution is -0.128. The molecule has 0 saturated carbocycles. The van der Waals surface area contributed by atoms with Gasteiger partial charge in [-0.1, -0.05) is 0 Å². The Kier molecular flexibility index (Phi) is 2.95. The summed E-state index contributed by atoms with van der Waals surface area (Å²) in [6.07, 6.45) is 0. The third-order valence-electron chi connectivity index (χ3n) is 1.81. The van der Waals surface area contributed by atoms with Crippen LogP contribution in [-0.2, 0) is 14.6 Å². The number of sulfone groups is 1. The van der Waals surface area contributed by atoms with E-state index >= 15 is 0 Å². The van der Waals surface area contributed by atoms with Gasteiger partial charge in [0, 0.05) is 13.1 Å². The molecule has 0 aromatic rings. The van der Waals surface area contributed by atoms with E-state index in [0.717, 1.165) is 0 Å². The van der Waals surface area contributed by atoms with Crippen LogP contribution in [0, 0.1) is 0 Å². The predicted octanol–water partition coefficient (Wildman–Crippen LogP) is -0.518. The summed E-state index contributed by atoms with van der Waals surface area (Å²) >= 11 is 5.32. The zero-order valence-electron chi connectivity index (χ0n) is 6.49. The van der Waals surface area contributed by atoms with E-state index < -0.39 is 9.84 Å². The highest BCUT2D eigenvalue weighted by Gasteiger charge is 2.23. The number of hydrogen-bond acceptors (Lipinski definition) is 3. The van der Waals surface area contributed by atoms with Gasteiger partial charge in [-0.3, -0.25) is 4.79 Å². The first-order chi connectivity index (χ1) is 5.55. The van der Waals surface area contributed by atoms with Crippen LogP contribution >= 0.6 is 11.6 Å². The number of halogens is 1. The van der Waals surface area contributed by atoms with Gasteiger partial charge in [-0.15, -0.1) is 11.6 Å². The number of amides is 1. The van der Waals surface area contributed by atoms with Crippen molar-refractivity contribution in [3.8, 4) is 0 Å². The summed E-state index contributed by atoms with van der Waals surface area (Å²) in [5.41, 5.74) is 0. The second-order valence-corrected chi connectivity index (χ2v) is 5.24. The number of hydrogen-bond donors (Lipinski definition) is 0. The molecule has 1 rings (SSSR count). The number of nitrogens with zero attached hydrogens (tertiary/aromatic N) is 1. The highest BCUT2D eigenvalue weighted by molar-refractivity contribution is 7.91. The third-order valence-corrected chi connectivity index (χ3v) is 3.65. The largest absolute Gasteiger partial charge is 0.340 e. The van der Waals surface area contributed by atoms with Gasteiger partial charge in [-0.2, -0.15) is 0 Å². The summed E-state index contributed by atoms with van der Waals surface area (Å²) in [5.74, 6) is -0.128. The fraction of sp³-hybridized carbons (Fsp3) is 0.833. The van der Waals surface area contributed by atoms with Crippen molar-refractivity contribution in [2.45, 2.75) is 0 Å². The molecule has 0 aliphatic carbocycles. The van der Waals surface area contributed by atoms with Crippen LogP contribution < -0.4 is 0 Å². The van der Waals surface area contributed by atoms with E-state index in [9.17, 15) is 13.2 Å². The molecule has 0 N–H and O–H groups in total. The lowest BCUT2D eigenvalue weighted by Crippen LogP contribution is -2.44. The van der Waals surface area contributed by atoms with Gasteiger partial charge in [0.2, 0.25) is 5.91 Å². The molecule has 12 heavy (non-hydrogen) atoms. The smallest absolute Gasteiger partial charge is 0.237 e. The van der Waals surface area contributed by atoms with Gasteiger partial charge in [-0.25, -0.2) is 8.42 Å². The topological polar surface area (TPSA) is 54.5 Å². The highest BCUT2D eigenvalue weighted by Crippen LogP contribution is 2.04. The van der Waals surface area contributed by atoms with Crippen LogP contribution in [0.2, 0.25) is 0 Å². The molecule has 70 valence electrons. The van der Waals surface area contributed by atoms with Gasteiger partial charge in [0.05, 0.1) is 11.5 Å². The van der Waals surface area contributed by atoms with Crippen molar-refractivity contribution >= 4 is 27.3 Å². The quantitative estimate of drug-likeness (QED) is 0.549. The van der Waals surface area contributed by atoms with E-state index in [-0.39, 0.29) is 36.4 Å². The molecule has 1 fully saturated rings. The lowest BCUT2D eigenvalue weighted by atomic mass is 10.5. The first kappa shape index (κ1) is 9.80. The summed E-state index contributed by atoms with van der Waals surface area (Å²) in [5, 5.41) is 0. The van der Waals surface area contributed by atoms with Crippen LogP contribution in [0.4, 0.5) is 0 Å². The lowest BCUT2D eigenvalue weighted by Gasteiger charge is -2.25. The standard InChI is InChI=1S/C6H10ClNO3S/c7-5-6(9)8-1-3-12(10,11)4-2-8/h1-5H2. The Bertz CT molecular complexity index is 261. The summed E-state index contributed by atoms with van der Waals surface area (Å²) in [4.78, 5) is 12.5. The van der Waals surface area contributed by atoms with Gasteiger partial charge in [0.1, 0.15) is 5.88 Å². The fourth-order valence-electron chi connectivity index (χ4n) is 1.05. The molecule has 0 spiro atoms. The van der Waals surface area contributed by atoms with Crippen molar-refractivity contribution in [1.82, 2.24) is 4.90 Å². The van der Waals surface area contributed by atoms with Crippen LogP contribution in [0.3, 0.4) is 0 Å². The fourth-order valence-corrected chi connectivity index (χ4v) is 2.42. The Morgan fingerprint density at radius 1 is 1.33 bits per heavy atom. The molecule has 1 heterocycles. The minimum Gasteiger partial charge on any atom is -0.340 e. The number of rotatable bonds is 1. The van der Waals surface area contributed by atoms with Crippen LogP contribution in [0.5, 0.6) is 0 Å². The molecule has 0 bridgehead atoms. The van der Waals surface area contributed by atoms with Crippen LogP contribution in [0.15, 0.2) is 0 Å². The van der Waals surface area contributed by atoms with Crippen LogP contribution in [-0.4, -0.2) is 49.7 Å². The minimum absolute atomic E-state index is 0.0651. The molecule has 6 heteroatoms. The van der Waals surface area contributed by atoms with Gasteiger partial charge in [-0.05, 0) is 0 Å². The Labute approximate surface area is 76.4 Å². The van der Waals surface area contributed by atoms with Gasteiger partial charge in [0.15, 0.2) is 9.84 Å². The zero-order valence-corrected chi connectivity index (χ0v) is 8.07.